The number of nitrogens with two attached hydrogens (primary N) is 3. The van der Waals surface area contributed by atoms with Crippen molar-refractivity contribution in [2.75, 3.05) is 29.7 Å². The second-order valence-corrected chi connectivity index (χ2v) is 6.62. The van der Waals surface area contributed by atoms with E-state index in [-0.39, 0.29) is 37.0 Å². The molecule has 1 aromatic rings. The molecule has 4 aliphatic rings. The van der Waals surface area contributed by atoms with E-state index in [2.05, 4.69) is 31.9 Å². The van der Waals surface area contributed by atoms with Crippen molar-refractivity contribution in [2.24, 2.45) is 10.8 Å². The van der Waals surface area contributed by atoms with Crippen LogP contribution in [-0.4, -0.2) is 62.4 Å². The van der Waals surface area contributed by atoms with Crippen molar-refractivity contribution in [3.63, 3.8) is 0 Å². The summed E-state index contributed by atoms with van der Waals surface area (Å²) >= 11 is 0. The fourth-order valence-corrected chi connectivity index (χ4v) is 3.90. The van der Waals surface area contributed by atoms with Gasteiger partial charge in [-0.25, -0.2) is 26.1 Å². The Morgan fingerprint density at radius 3 is 2.81 bits per heavy atom. The number of nitrogens with zero attached hydrogens (tertiary/aromatic N) is 6. The molecule has 11 N–H and O–H groups in total. The van der Waals surface area contributed by atoms with E-state index in [4.69, 9.17) is 17.2 Å². The van der Waals surface area contributed by atoms with Crippen molar-refractivity contribution < 1.29 is 5.11 Å². The van der Waals surface area contributed by atoms with E-state index in [9.17, 15) is 5.11 Å². The molecular formula is C12H23N13O. The number of aliphatic hydroxyl groups is 1. The zero-order valence-electron chi connectivity index (χ0n) is 14.0. The second kappa shape index (κ2) is 5.57. The zero-order chi connectivity index (χ0) is 18.0. The first-order valence-corrected chi connectivity index (χ1v) is 8.57. The molecule has 0 aliphatic carbocycles. The lowest BCUT2D eigenvalue weighted by Crippen LogP contribution is -2.73. The number of rotatable bonds is 4. The van der Waals surface area contributed by atoms with Gasteiger partial charge in [-0.3, -0.25) is 10.4 Å². The molecule has 5 heterocycles. The number of nitrogen functional groups attached to an aromatic ring is 2. The number of aliphatic hydroxyl groups excluding tert-OH is 1. The molecule has 2 fully saturated rings. The Morgan fingerprint density at radius 2 is 2.04 bits per heavy atom. The third kappa shape index (κ3) is 1.96. The third-order valence-electron chi connectivity index (χ3n) is 5.09. The van der Waals surface area contributed by atoms with Crippen LogP contribution in [0.1, 0.15) is 19.0 Å². The fourth-order valence-electron chi connectivity index (χ4n) is 3.90. The van der Waals surface area contributed by atoms with Gasteiger partial charge in [0.1, 0.15) is 29.9 Å². The first-order valence-electron chi connectivity index (χ1n) is 8.57. The number of hydrogen-bond acceptors (Lipinski definition) is 13. The van der Waals surface area contributed by atoms with Crippen LogP contribution in [-0.2, 0) is 0 Å². The molecule has 0 saturated carbocycles. The highest BCUT2D eigenvalue weighted by molar-refractivity contribution is 5.84. The van der Waals surface area contributed by atoms with Gasteiger partial charge < -0.3 is 22.3 Å². The van der Waals surface area contributed by atoms with Gasteiger partial charge >= 0.3 is 0 Å². The number of aromatic nitrogens is 2. The lowest BCUT2D eigenvalue weighted by atomic mass is 10.2. The number of hydrogen-bond donors (Lipinski definition) is 8. The van der Waals surface area contributed by atoms with Gasteiger partial charge in [-0.1, -0.05) is 0 Å². The molecule has 0 spiro atoms. The van der Waals surface area contributed by atoms with Gasteiger partial charge in [0.05, 0.1) is 0 Å². The molecule has 0 bridgehead atoms. The van der Waals surface area contributed by atoms with Crippen molar-refractivity contribution >= 4 is 23.2 Å². The van der Waals surface area contributed by atoms with Gasteiger partial charge in [-0.15, -0.1) is 10.2 Å². The number of hydrazine groups is 4. The van der Waals surface area contributed by atoms with Gasteiger partial charge in [0.2, 0.25) is 0 Å². The summed E-state index contributed by atoms with van der Waals surface area (Å²) in [6.07, 6.45) is 0.693. The predicted molar refractivity (Wildman–Crippen MR) is 93.0 cm³/mol. The largest absolute Gasteiger partial charge is 0.396 e. The van der Waals surface area contributed by atoms with Crippen LogP contribution in [0, 0.1) is 0 Å². The van der Waals surface area contributed by atoms with Crippen molar-refractivity contribution in [3.05, 3.63) is 0 Å². The van der Waals surface area contributed by atoms with Crippen molar-refractivity contribution in [2.45, 2.75) is 37.4 Å². The highest BCUT2D eigenvalue weighted by Crippen LogP contribution is 2.41. The Balaban J connectivity index is 1.45. The molecule has 4 unspecified atom stereocenters. The maximum absolute atomic E-state index is 9.47. The van der Waals surface area contributed by atoms with Crippen LogP contribution < -0.4 is 44.0 Å². The van der Waals surface area contributed by atoms with Crippen molar-refractivity contribution in [3.8, 4) is 0 Å². The van der Waals surface area contributed by atoms with Crippen LogP contribution in [0.3, 0.4) is 0 Å². The first kappa shape index (κ1) is 15.9. The summed E-state index contributed by atoms with van der Waals surface area (Å²) in [7, 11) is 0. The van der Waals surface area contributed by atoms with Crippen molar-refractivity contribution in [1.29, 1.82) is 0 Å². The van der Waals surface area contributed by atoms with E-state index in [1.54, 1.807) is 9.80 Å². The van der Waals surface area contributed by atoms with Gasteiger partial charge in [0.25, 0.3) is 0 Å². The summed E-state index contributed by atoms with van der Waals surface area (Å²) in [5.41, 5.74) is 31.5. The van der Waals surface area contributed by atoms with Crippen LogP contribution >= 0.6 is 0 Å². The van der Waals surface area contributed by atoms with Crippen molar-refractivity contribution in [1.82, 2.24) is 41.6 Å². The van der Waals surface area contributed by atoms with Crippen LogP contribution in [0.15, 0.2) is 5.10 Å². The summed E-state index contributed by atoms with van der Waals surface area (Å²) in [6, 6.07) is -0.0536. The summed E-state index contributed by atoms with van der Waals surface area (Å²) in [5.74, 6) is 1.78. The molecule has 2 saturated heterocycles. The lowest BCUT2D eigenvalue weighted by Gasteiger charge is -2.42. The lowest BCUT2D eigenvalue weighted by molar-refractivity contribution is -0.00415. The van der Waals surface area contributed by atoms with E-state index in [1.165, 1.54) is 0 Å². The number of nitrogens with one attached hydrogen (secondary N) is 4. The molecule has 0 radical (unpaired) electrons. The molecule has 5 rings (SSSR count). The van der Waals surface area contributed by atoms with E-state index in [0.29, 0.717) is 30.9 Å². The van der Waals surface area contributed by atoms with E-state index >= 15 is 0 Å². The quantitative estimate of drug-likeness (QED) is 0.259. The fraction of sp³-hybridized carbons (Fsp3) is 0.667. The van der Waals surface area contributed by atoms with Crippen LogP contribution in [0.5, 0.6) is 0 Å². The molecule has 0 aromatic carbocycles. The van der Waals surface area contributed by atoms with E-state index < -0.39 is 0 Å². The highest BCUT2D eigenvalue weighted by Gasteiger charge is 2.54. The van der Waals surface area contributed by atoms with E-state index in [1.807, 2.05) is 10.1 Å². The minimum Gasteiger partial charge on any atom is -0.396 e. The molecule has 0 amide bonds. The molecular weight excluding hydrogens is 342 g/mol. The maximum atomic E-state index is 9.47. The molecule has 4 aliphatic heterocycles. The van der Waals surface area contributed by atoms with E-state index in [0.717, 1.165) is 5.84 Å². The molecule has 26 heavy (non-hydrogen) atoms. The molecule has 14 heteroatoms. The summed E-state index contributed by atoms with van der Waals surface area (Å²) in [6.45, 7) is 0.522. The topological polar surface area (TPSA) is 186 Å². The monoisotopic (exact) mass is 365 g/mol. The van der Waals surface area contributed by atoms with Gasteiger partial charge in [-0.2, -0.15) is 5.10 Å². The Morgan fingerprint density at radius 1 is 1.19 bits per heavy atom. The highest BCUT2D eigenvalue weighted by atomic mass is 16.3. The van der Waals surface area contributed by atoms with Crippen LogP contribution in [0.4, 0.5) is 17.3 Å². The number of amidine groups is 1. The summed E-state index contributed by atoms with van der Waals surface area (Å²) in [5, 5.41) is 23.8. The standard InChI is InChI=1S/C12H23N13O/c13-3-1-5-16-17-11-8-10(20-22(5)11)21-24-6(2-4-26)23-12(25(24)18-8)7(14)9(15)19-23/h6,8,10-11,17-18,20-21,26H,1-4,13-14H2,(H2,15,19). The van der Waals surface area contributed by atoms with Gasteiger partial charge in [-0.05, 0) is 6.54 Å². The average Bonchev–Trinajstić information content (AvgIpc) is 3.32. The minimum absolute atomic E-state index is 0.000924. The normalized spacial score (nSPS) is 32.2. The summed E-state index contributed by atoms with van der Waals surface area (Å²) in [4.78, 5) is 0. The Hall–Kier alpha value is -2.36. The van der Waals surface area contributed by atoms with Gasteiger partial charge in [0.15, 0.2) is 17.8 Å². The van der Waals surface area contributed by atoms with Crippen LogP contribution in [0.25, 0.3) is 0 Å². The first-order chi connectivity index (χ1) is 12.6. The molecule has 4 atom stereocenters. The maximum Gasteiger partial charge on any atom is 0.186 e. The third-order valence-corrected chi connectivity index (χ3v) is 5.09. The number of hydrazone groups is 1. The van der Waals surface area contributed by atoms with Crippen LogP contribution in [0.2, 0.25) is 0 Å². The summed E-state index contributed by atoms with van der Waals surface area (Å²) < 4.78 is 1.72. The average molecular weight is 365 g/mol. The van der Waals surface area contributed by atoms with Gasteiger partial charge in [0, 0.05) is 19.4 Å². The Labute approximate surface area is 148 Å². The SMILES string of the molecule is NCCC1=NNC2C3NN4c5c(N)c(N)nn5C(CCO)N4NC3NN12. The number of anilines is 3. The molecule has 142 valence electrons. The predicted octanol–water partition coefficient (Wildman–Crippen LogP) is -3.91. The molecule has 1 aromatic heterocycles. The minimum atomic E-state index is -0.259. The smallest absolute Gasteiger partial charge is 0.186 e. The zero-order valence-corrected chi connectivity index (χ0v) is 14.0. The number of fused-ring (bicyclic) bond motifs is 6. The Bertz CT molecular complexity index is 748. The second-order valence-electron chi connectivity index (χ2n) is 6.62. The Kier molecular flexibility index (Phi) is 3.40. The molecule has 14 nitrogen and oxygen atoms in total.